The largest absolute Gasteiger partial charge is 0.480 e. The monoisotopic (exact) mass is 189 g/mol. The smallest absolute Gasteiger partial charge is 0.324 e. The molecule has 0 aromatic rings. The lowest BCUT2D eigenvalue weighted by Gasteiger charge is -2.40. The van der Waals surface area contributed by atoms with E-state index in [4.69, 9.17) is 10.8 Å². The lowest BCUT2D eigenvalue weighted by molar-refractivity contribution is -0.147. The molecule has 1 fully saturated rings. The third-order valence-electron chi connectivity index (χ3n) is 2.74. The molecule has 12 heavy (non-hydrogen) atoms. The Bertz CT molecular complexity index is 185. The fourth-order valence-corrected chi connectivity index (χ4v) is 3.00. The first-order valence-electron chi connectivity index (χ1n) is 4.09. The number of hydrogen-bond donors (Lipinski definition) is 2. The van der Waals surface area contributed by atoms with Crippen molar-refractivity contribution in [1.29, 1.82) is 0 Å². The molecule has 0 bridgehead atoms. The number of nitrogens with two attached hydrogens (primary N) is 1. The molecule has 0 aliphatic carbocycles. The van der Waals surface area contributed by atoms with E-state index < -0.39 is 11.5 Å². The van der Waals surface area contributed by atoms with Crippen molar-refractivity contribution in [2.45, 2.75) is 19.4 Å². The van der Waals surface area contributed by atoms with Gasteiger partial charge in [0.25, 0.3) is 0 Å². The molecule has 2 atom stereocenters. The van der Waals surface area contributed by atoms with Crippen LogP contribution in [0.15, 0.2) is 0 Å². The molecule has 0 radical (unpaired) electrons. The standard InChI is InChI=1S/C8H15NO2S/c1-5-3-12-4-6(2)8(5,9)7(10)11/h5-6H,3-4,9H2,1-2H3,(H,10,11). The summed E-state index contributed by atoms with van der Waals surface area (Å²) < 4.78 is 0. The van der Waals surface area contributed by atoms with Crippen LogP contribution in [0.25, 0.3) is 0 Å². The van der Waals surface area contributed by atoms with E-state index in [9.17, 15) is 4.79 Å². The van der Waals surface area contributed by atoms with Crippen molar-refractivity contribution in [3.8, 4) is 0 Å². The molecule has 0 saturated carbocycles. The van der Waals surface area contributed by atoms with Crippen LogP contribution in [0.1, 0.15) is 13.8 Å². The zero-order chi connectivity index (χ0) is 9.35. The van der Waals surface area contributed by atoms with Crippen LogP contribution >= 0.6 is 11.8 Å². The molecule has 0 aromatic heterocycles. The molecular formula is C8H15NO2S. The summed E-state index contributed by atoms with van der Waals surface area (Å²) in [5, 5.41) is 9.00. The van der Waals surface area contributed by atoms with Gasteiger partial charge in [-0.15, -0.1) is 0 Å². The number of hydrogen-bond acceptors (Lipinski definition) is 3. The summed E-state index contributed by atoms with van der Waals surface area (Å²) in [7, 11) is 0. The van der Waals surface area contributed by atoms with Gasteiger partial charge in [0.1, 0.15) is 5.54 Å². The highest BCUT2D eigenvalue weighted by Crippen LogP contribution is 2.34. The highest BCUT2D eigenvalue weighted by molar-refractivity contribution is 7.99. The second-order valence-electron chi connectivity index (χ2n) is 3.58. The molecule has 70 valence electrons. The molecule has 0 spiro atoms. The summed E-state index contributed by atoms with van der Waals surface area (Å²) in [5.74, 6) is 0.968. The molecule has 1 rings (SSSR count). The van der Waals surface area contributed by atoms with Crippen LogP contribution in [0.4, 0.5) is 0 Å². The van der Waals surface area contributed by atoms with Crippen LogP contribution in [-0.2, 0) is 4.79 Å². The van der Waals surface area contributed by atoms with E-state index in [1.165, 1.54) is 0 Å². The summed E-state index contributed by atoms with van der Waals surface area (Å²) in [6.45, 7) is 3.83. The maximum Gasteiger partial charge on any atom is 0.324 e. The fraction of sp³-hybridized carbons (Fsp3) is 0.875. The van der Waals surface area contributed by atoms with Crippen molar-refractivity contribution < 1.29 is 9.90 Å². The minimum Gasteiger partial charge on any atom is -0.480 e. The predicted octanol–water partition coefficient (Wildman–Crippen LogP) is 0.788. The van der Waals surface area contributed by atoms with E-state index in [-0.39, 0.29) is 11.8 Å². The summed E-state index contributed by atoms with van der Waals surface area (Å²) in [5.41, 5.74) is 4.87. The van der Waals surface area contributed by atoms with E-state index >= 15 is 0 Å². The average molecular weight is 189 g/mol. The quantitative estimate of drug-likeness (QED) is 0.640. The van der Waals surface area contributed by atoms with Crippen LogP contribution in [0.5, 0.6) is 0 Å². The molecule has 3 N–H and O–H groups in total. The van der Waals surface area contributed by atoms with Gasteiger partial charge in [-0.25, -0.2) is 0 Å². The lowest BCUT2D eigenvalue weighted by atomic mass is 9.77. The Morgan fingerprint density at radius 3 is 2.17 bits per heavy atom. The van der Waals surface area contributed by atoms with Gasteiger partial charge in [0.15, 0.2) is 0 Å². The molecule has 1 heterocycles. The normalized spacial score (nSPS) is 42.6. The van der Waals surface area contributed by atoms with Gasteiger partial charge in [-0.1, -0.05) is 13.8 Å². The minimum absolute atomic E-state index is 0.0590. The van der Waals surface area contributed by atoms with Gasteiger partial charge in [0.05, 0.1) is 0 Å². The van der Waals surface area contributed by atoms with E-state index in [1.54, 1.807) is 11.8 Å². The summed E-state index contributed by atoms with van der Waals surface area (Å²) in [4.78, 5) is 11.0. The maximum atomic E-state index is 11.0. The Kier molecular flexibility index (Phi) is 2.68. The molecule has 0 amide bonds. The first-order valence-corrected chi connectivity index (χ1v) is 5.25. The molecule has 1 aliphatic heterocycles. The topological polar surface area (TPSA) is 63.3 Å². The molecule has 3 nitrogen and oxygen atoms in total. The van der Waals surface area contributed by atoms with Gasteiger partial charge in [-0.3, -0.25) is 4.79 Å². The Hall–Kier alpha value is -0.220. The SMILES string of the molecule is CC1CSCC(C)C1(N)C(=O)O. The number of carboxylic acids is 1. The number of rotatable bonds is 1. The number of thioether (sulfide) groups is 1. The van der Waals surface area contributed by atoms with Crippen molar-refractivity contribution in [3.63, 3.8) is 0 Å². The highest BCUT2D eigenvalue weighted by atomic mass is 32.2. The second kappa shape index (κ2) is 3.26. The van der Waals surface area contributed by atoms with Crippen molar-refractivity contribution >= 4 is 17.7 Å². The lowest BCUT2D eigenvalue weighted by Crippen LogP contribution is -2.61. The molecule has 1 saturated heterocycles. The molecular weight excluding hydrogens is 174 g/mol. The first-order chi connectivity index (χ1) is 5.49. The Balaban J connectivity index is 2.87. The zero-order valence-corrected chi connectivity index (χ0v) is 8.23. The van der Waals surface area contributed by atoms with Gasteiger partial charge in [-0.05, 0) is 23.3 Å². The van der Waals surface area contributed by atoms with E-state index in [0.717, 1.165) is 11.5 Å². The van der Waals surface area contributed by atoms with Gasteiger partial charge >= 0.3 is 5.97 Å². The van der Waals surface area contributed by atoms with Gasteiger partial charge in [0, 0.05) is 0 Å². The third-order valence-corrected chi connectivity index (χ3v) is 4.21. The summed E-state index contributed by atoms with van der Waals surface area (Å²) in [6, 6.07) is 0. The minimum atomic E-state index is -1.01. The molecule has 1 aliphatic rings. The van der Waals surface area contributed by atoms with E-state index in [2.05, 4.69) is 0 Å². The number of carbonyl (C=O) groups is 1. The third kappa shape index (κ3) is 1.33. The second-order valence-corrected chi connectivity index (χ2v) is 4.65. The zero-order valence-electron chi connectivity index (χ0n) is 7.41. The Labute approximate surface area is 76.7 Å². The molecule has 2 unspecified atom stereocenters. The van der Waals surface area contributed by atoms with Crippen LogP contribution in [-0.4, -0.2) is 28.1 Å². The Morgan fingerprint density at radius 1 is 1.50 bits per heavy atom. The number of aliphatic carboxylic acids is 1. The highest BCUT2D eigenvalue weighted by Gasteiger charge is 2.46. The van der Waals surface area contributed by atoms with Crippen LogP contribution in [0.3, 0.4) is 0 Å². The van der Waals surface area contributed by atoms with Gasteiger partial charge < -0.3 is 10.8 Å². The number of carboxylic acid groups (broad SMARTS) is 1. The van der Waals surface area contributed by atoms with Crippen LogP contribution < -0.4 is 5.73 Å². The first kappa shape index (κ1) is 9.86. The van der Waals surface area contributed by atoms with Gasteiger partial charge in [0.2, 0.25) is 0 Å². The van der Waals surface area contributed by atoms with Crippen molar-refractivity contribution in [2.24, 2.45) is 17.6 Å². The van der Waals surface area contributed by atoms with Crippen LogP contribution in [0, 0.1) is 11.8 Å². The molecule has 4 heteroatoms. The van der Waals surface area contributed by atoms with Crippen LogP contribution in [0.2, 0.25) is 0 Å². The summed E-state index contributed by atoms with van der Waals surface area (Å²) in [6.07, 6.45) is 0. The average Bonchev–Trinajstić information content (AvgIpc) is 1.99. The van der Waals surface area contributed by atoms with E-state index in [0.29, 0.717) is 0 Å². The van der Waals surface area contributed by atoms with E-state index in [1.807, 2.05) is 13.8 Å². The summed E-state index contributed by atoms with van der Waals surface area (Å²) >= 11 is 1.79. The maximum absolute atomic E-state index is 11.0. The molecule has 0 aromatic carbocycles. The van der Waals surface area contributed by atoms with Crippen molar-refractivity contribution in [2.75, 3.05) is 11.5 Å². The predicted molar refractivity (Wildman–Crippen MR) is 50.2 cm³/mol. The fourth-order valence-electron chi connectivity index (χ4n) is 1.60. The van der Waals surface area contributed by atoms with Gasteiger partial charge in [-0.2, -0.15) is 11.8 Å². The van der Waals surface area contributed by atoms with Crippen molar-refractivity contribution in [1.82, 2.24) is 0 Å². The van der Waals surface area contributed by atoms with Crippen molar-refractivity contribution in [3.05, 3.63) is 0 Å². The Morgan fingerprint density at radius 2 is 1.92 bits per heavy atom.